The Bertz CT molecular complexity index is 516. The largest absolute Gasteiger partial charge is 0.481 e. The fraction of sp³-hybridized carbons (Fsp3) is 0.529. The summed E-state index contributed by atoms with van der Waals surface area (Å²) in [5.74, 6) is 0.166. The summed E-state index contributed by atoms with van der Waals surface area (Å²) in [6.07, 6.45) is -0.657. The predicted molar refractivity (Wildman–Crippen MR) is 86.9 cm³/mol. The third kappa shape index (κ3) is 5.39. The minimum Gasteiger partial charge on any atom is -0.481 e. The van der Waals surface area contributed by atoms with Gasteiger partial charge in [0.25, 0.3) is 5.91 Å². The lowest BCUT2D eigenvalue weighted by Gasteiger charge is -2.20. The SMILES string of the molecule is C[C@@H](Oc1ccc(C(C)(C)C)cc1)C(=O)NCC(=O)N(C)C. The number of rotatable bonds is 5. The molecule has 0 aromatic heterocycles. The van der Waals surface area contributed by atoms with Crippen molar-refractivity contribution >= 4 is 11.8 Å². The highest BCUT2D eigenvalue weighted by Gasteiger charge is 2.17. The number of carbonyl (C=O) groups is 2. The minimum atomic E-state index is -0.657. The van der Waals surface area contributed by atoms with E-state index in [0.29, 0.717) is 5.75 Å². The summed E-state index contributed by atoms with van der Waals surface area (Å²) in [5.41, 5.74) is 1.28. The Kier molecular flexibility index (Phi) is 5.97. The Labute approximate surface area is 132 Å². The lowest BCUT2D eigenvalue weighted by atomic mass is 9.87. The van der Waals surface area contributed by atoms with Crippen molar-refractivity contribution in [2.75, 3.05) is 20.6 Å². The topological polar surface area (TPSA) is 58.6 Å². The summed E-state index contributed by atoms with van der Waals surface area (Å²) < 4.78 is 5.60. The maximum absolute atomic E-state index is 11.9. The standard InChI is InChI=1S/C17H26N2O3/c1-12(16(21)18-11-15(20)19(5)6)22-14-9-7-13(8-10-14)17(2,3)4/h7-10,12H,11H2,1-6H3,(H,18,21)/t12-/m1/s1. The van der Waals surface area contributed by atoms with Gasteiger partial charge in [0, 0.05) is 14.1 Å². The molecular formula is C17H26N2O3. The number of nitrogens with one attached hydrogen (secondary N) is 1. The molecule has 1 rings (SSSR count). The predicted octanol–water partition coefficient (Wildman–Crippen LogP) is 1.96. The van der Waals surface area contributed by atoms with Crippen molar-refractivity contribution in [3.63, 3.8) is 0 Å². The first-order valence-electron chi connectivity index (χ1n) is 7.36. The molecule has 1 aromatic rings. The van der Waals surface area contributed by atoms with Gasteiger partial charge in [0.05, 0.1) is 6.54 Å². The van der Waals surface area contributed by atoms with Crippen molar-refractivity contribution in [1.29, 1.82) is 0 Å². The molecule has 1 aromatic carbocycles. The molecule has 2 amide bonds. The molecule has 1 N–H and O–H groups in total. The van der Waals surface area contributed by atoms with Crippen LogP contribution in [-0.2, 0) is 15.0 Å². The van der Waals surface area contributed by atoms with Crippen molar-refractivity contribution in [3.8, 4) is 5.75 Å². The monoisotopic (exact) mass is 306 g/mol. The van der Waals surface area contributed by atoms with E-state index in [4.69, 9.17) is 4.74 Å². The lowest BCUT2D eigenvalue weighted by molar-refractivity contribution is -0.133. The molecule has 122 valence electrons. The average Bonchev–Trinajstić information content (AvgIpc) is 2.43. The van der Waals surface area contributed by atoms with E-state index in [1.165, 1.54) is 10.5 Å². The molecule has 22 heavy (non-hydrogen) atoms. The zero-order valence-corrected chi connectivity index (χ0v) is 14.3. The fourth-order valence-electron chi connectivity index (χ4n) is 1.76. The third-order valence-corrected chi connectivity index (χ3v) is 3.32. The highest BCUT2D eigenvalue weighted by Crippen LogP contribution is 2.24. The van der Waals surface area contributed by atoms with E-state index >= 15 is 0 Å². The smallest absolute Gasteiger partial charge is 0.261 e. The van der Waals surface area contributed by atoms with Crippen LogP contribution >= 0.6 is 0 Å². The number of nitrogens with zero attached hydrogens (tertiary/aromatic N) is 1. The first-order chi connectivity index (χ1) is 10.1. The molecule has 5 heteroatoms. The normalized spacial score (nSPS) is 12.5. The molecule has 0 fully saturated rings. The number of carbonyl (C=O) groups excluding carboxylic acids is 2. The summed E-state index contributed by atoms with van der Waals surface area (Å²) in [6.45, 7) is 8.05. The maximum atomic E-state index is 11.9. The molecule has 0 radical (unpaired) electrons. The van der Waals surface area contributed by atoms with Crippen LogP contribution in [0.1, 0.15) is 33.3 Å². The van der Waals surface area contributed by atoms with Crippen molar-refractivity contribution in [2.24, 2.45) is 0 Å². The molecule has 0 heterocycles. The Hall–Kier alpha value is -2.04. The van der Waals surface area contributed by atoms with Gasteiger partial charge in [-0.15, -0.1) is 0 Å². The van der Waals surface area contributed by atoms with Gasteiger partial charge in [-0.05, 0) is 30.0 Å². The van der Waals surface area contributed by atoms with Crippen LogP contribution in [0.3, 0.4) is 0 Å². The molecule has 0 saturated heterocycles. The average molecular weight is 306 g/mol. The van der Waals surface area contributed by atoms with Crippen molar-refractivity contribution < 1.29 is 14.3 Å². The van der Waals surface area contributed by atoms with Crippen molar-refractivity contribution in [1.82, 2.24) is 10.2 Å². The molecule has 0 aliphatic heterocycles. The zero-order chi connectivity index (χ0) is 16.9. The van der Waals surface area contributed by atoms with Crippen LogP contribution in [0.5, 0.6) is 5.75 Å². The third-order valence-electron chi connectivity index (χ3n) is 3.32. The molecule has 0 aliphatic carbocycles. The molecule has 5 nitrogen and oxygen atoms in total. The highest BCUT2D eigenvalue weighted by molar-refractivity contribution is 5.86. The molecule has 0 spiro atoms. The second-order valence-corrected chi connectivity index (χ2v) is 6.54. The van der Waals surface area contributed by atoms with Gasteiger partial charge in [-0.1, -0.05) is 32.9 Å². The van der Waals surface area contributed by atoms with Gasteiger partial charge in [-0.3, -0.25) is 9.59 Å². The molecule has 0 bridgehead atoms. The van der Waals surface area contributed by atoms with Crippen LogP contribution in [0, 0.1) is 0 Å². The Balaban J connectivity index is 2.55. The van der Waals surface area contributed by atoms with E-state index in [-0.39, 0.29) is 23.8 Å². The zero-order valence-electron chi connectivity index (χ0n) is 14.3. The number of likely N-dealkylation sites (N-methyl/N-ethyl adjacent to an activating group) is 1. The summed E-state index contributed by atoms with van der Waals surface area (Å²) in [4.78, 5) is 24.8. The second kappa shape index (κ2) is 7.29. The van der Waals surface area contributed by atoms with Crippen LogP contribution in [-0.4, -0.2) is 43.5 Å². The van der Waals surface area contributed by atoms with Gasteiger partial charge in [-0.2, -0.15) is 0 Å². The van der Waals surface area contributed by atoms with E-state index in [0.717, 1.165) is 0 Å². The van der Waals surface area contributed by atoms with E-state index < -0.39 is 6.10 Å². The first kappa shape index (κ1) is 18.0. The Morgan fingerprint density at radius 3 is 2.18 bits per heavy atom. The fourth-order valence-corrected chi connectivity index (χ4v) is 1.76. The maximum Gasteiger partial charge on any atom is 0.261 e. The van der Waals surface area contributed by atoms with Crippen molar-refractivity contribution in [2.45, 2.75) is 39.2 Å². The van der Waals surface area contributed by atoms with Gasteiger partial charge < -0.3 is 15.0 Å². The van der Waals surface area contributed by atoms with Gasteiger partial charge in [0.15, 0.2) is 6.10 Å². The molecule has 0 aliphatic rings. The van der Waals surface area contributed by atoms with E-state index in [2.05, 4.69) is 26.1 Å². The molecular weight excluding hydrogens is 280 g/mol. The molecule has 1 atom stereocenters. The summed E-state index contributed by atoms with van der Waals surface area (Å²) in [7, 11) is 3.29. The number of hydrogen-bond donors (Lipinski definition) is 1. The minimum absolute atomic E-state index is 0.0253. The summed E-state index contributed by atoms with van der Waals surface area (Å²) >= 11 is 0. The summed E-state index contributed by atoms with van der Waals surface area (Å²) in [6, 6.07) is 7.70. The number of benzene rings is 1. The van der Waals surface area contributed by atoms with E-state index in [1.54, 1.807) is 21.0 Å². The van der Waals surface area contributed by atoms with Crippen LogP contribution in [0.15, 0.2) is 24.3 Å². The first-order valence-corrected chi connectivity index (χ1v) is 7.36. The van der Waals surface area contributed by atoms with Gasteiger partial charge in [-0.25, -0.2) is 0 Å². The molecule has 0 saturated carbocycles. The van der Waals surface area contributed by atoms with Crippen LogP contribution in [0.4, 0.5) is 0 Å². The second-order valence-electron chi connectivity index (χ2n) is 6.54. The number of hydrogen-bond acceptors (Lipinski definition) is 3. The molecule has 0 unspecified atom stereocenters. The van der Waals surface area contributed by atoms with Crippen molar-refractivity contribution in [3.05, 3.63) is 29.8 Å². The Morgan fingerprint density at radius 2 is 1.73 bits per heavy atom. The summed E-state index contributed by atoms with van der Waals surface area (Å²) in [5, 5.41) is 2.56. The van der Waals surface area contributed by atoms with Crippen LogP contribution in [0.25, 0.3) is 0 Å². The van der Waals surface area contributed by atoms with Gasteiger partial charge in [0.1, 0.15) is 5.75 Å². The van der Waals surface area contributed by atoms with Crippen LogP contribution < -0.4 is 10.1 Å². The lowest BCUT2D eigenvalue weighted by Crippen LogP contribution is -2.42. The van der Waals surface area contributed by atoms with Gasteiger partial charge >= 0.3 is 0 Å². The quantitative estimate of drug-likeness (QED) is 0.904. The van der Waals surface area contributed by atoms with E-state index in [9.17, 15) is 9.59 Å². The highest BCUT2D eigenvalue weighted by atomic mass is 16.5. The van der Waals surface area contributed by atoms with E-state index in [1.807, 2.05) is 24.3 Å². The Morgan fingerprint density at radius 1 is 1.18 bits per heavy atom. The van der Waals surface area contributed by atoms with Crippen LogP contribution in [0.2, 0.25) is 0 Å². The number of amides is 2. The van der Waals surface area contributed by atoms with Gasteiger partial charge in [0.2, 0.25) is 5.91 Å². The number of ether oxygens (including phenoxy) is 1.